The van der Waals surface area contributed by atoms with Crippen molar-refractivity contribution in [1.82, 2.24) is 4.90 Å². The lowest BCUT2D eigenvalue weighted by atomic mass is 9.70. The van der Waals surface area contributed by atoms with Crippen LogP contribution in [0.15, 0.2) is 60.7 Å². The molecule has 1 aliphatic rings. The lowest BCUT2D eigenvalue weighted by molar-refractivity contribution is -0.149. The Bertz CT molecular complexity index is 762. The van der Waals surface area contributed by atoms with Gasteiger partial charge in [0, 0.05) is 19.1 Å². The van der Waals surface area contributed by atoms with Gasteiger partial charge in [0.25, 0.3) is 0 Å². The van der Waals surface area contributed by atoms with Crippen molar-refractivity contribution < 1.29 is 14.6 Å². The minimum Gasteiger partial charge on any atom is -0.462 e. The van der Waals surface area contributed by atoms with Crippen molar-refractivity contribution in [2.75, 3.05) is 6.61 Å². The number of benzene rings is 2. The first-order valence-corrected chi connectivity index (χ1v) is 10.5. The summed E-state index contributed by atoms with van der Waals surface area (Å²) in [6.45, 7) is 9.35. The number of ether oxygens (including phenoxy) is 1. The van der Waals surface area contributed by atoms with Crippen LogP contribution in [0.1, 0.15) is 45.2 Å². The molecule has 1 N–H and O–H groups in total. The molecule has 4 heteroatoms. The second-order valence-corrected chi connectivity index (χ2v) is 9.15. The van der Waals surface area contributed by atoms with E-state index in [1.807, 2.05) is 36.4 Å². The summed E-state index contributed by atoms with van der Waals surface area (Å²) in [6, 6.07) is 20.4. The third-order valence-corrected chi connectivity index (χ3v) is 6.16. The molecule has 0 aliphatic carbocycles. The Kier molecular flexibility index (Phi) is 6.45. The highest BCUT2D eigenvalue weighted by molar-refractivity contribution is 5.80. The first-order valence-electron chi connectivity index (χ1n) is 10.5. The van der Waals surface area contributed by atoms with E-state index < -0.39 is 11.0 Å². The van der Waals surface area contributed by atoms with Crippen LogP contribution in [0.2, 0.25) is 0 Å². The Morgan fingerprint density at radius 2 is 1.45 bits per heavy atom. The minimum absolute atomic E-state index is 0.0380. The van der Waals surface area contributed by atoms with Crippen LogP contribution in [0.5, 0.6) is 0 Å². The largest absolute Gasteiger partial charge is 0.462 e. The van der Waals surface area contributed by atoms with Crippen molar-refractivity contribution in [3.05, 3.63) is 71.8 Å². The van der Waals surface area contributed by atoms with E-state index in [0.717, 1.165) is 6.42 Å². The fourth-order valence-electron chi connectivity index (χ4n) is 4.23. The van der Waals surface area contributed by atoms with E-state index in [1.165, 1.54) is 11.1 Å². The minimum atomic E-state index is -1.25. The smallest absolute Gasteiger partial charge is 0.314 e. The average Bonchev–Trinajstić information content (AvgIpc) is 2.90. The predicted octanol–water partition coefficient (Wildman–Crippen LogP) is 4.42. The molecule has 2 atom stereocenters. The van der Waals surface area contributed by atoms with Gasteiger partial charge in [-0.2, -0.15) is 0 Å². The van der Waals surface area contributed by atoms with E-state index in [4.69, 9.17) is 4.74 Å². The monoisotopic (exact) mass is 395 g/mol. The van der Waals surface area contributed by atoms with E-state index in [9.17, 15) is 9.90 Å². The summed E-state index contributed by atoms with van der Waals surface area (Å²) >= 11 is 0. The number of nitrogens with zero attached hydrogens (tertiary/aromatic N) is 1. The highest BCUT2D eigenvalue weighted by Gasteiger charge is 2.61. The Hall–Kier alpha value is -2.17. The third kappa shape index (κ3) is 4.54. The Morgan fingerprint density at radius 1 is 0.966 bits per heavy atom. The SMILES string of the molecule is CC(C)C[C@H](N(Cc1ccccc1)Cc1ccccc1)[C@@]1(O)COC(=O)C1(C)C. The predicted molar refractivity (Wildman–Crippen MR) is 115 cm³/mol. The number of cyclic esters (lactones) is 1. The summed E-state index contributed by atoms with van der Waals surface area (Å²) < 4.78 is 5.38. The fourth-order valence-corrected chi connectivity index (χ4v) is 4.23. The van der Waals surface area contributed by atoms with E-state index in [1.54, 1.807) is 13.8 Å². The van der Waals surface area contributed by atoms with Gasteiger partial charge < -0.3 is 9.84 Å². The van der Waals surface area contributed by atoms with Crippen molar-refractivity contribution in [1.29, 1.82) is 0 Å². The van der Waals surface area contributed by atoms with Crippen LogP contribution in [-0.4, -0.2) is 34.2 Å². The zero-order valence-corrected chi connectivity index (χ0v) is 18.0. The van der Waals surface area contributed by atoms with Crippen molar-refractivity contribution in [3.8, 4) is 0 Å². The normalized spacial score (nSPS) is 22.1. The fraction of sp³-hybridized carbons (Fsp3) is 0.480. The summed E-state index contributed by atoms with van der Waals surface area (Å²) in [5.74, 6) is 0.0395. The number of carbonyl (C=O) groups is 1. The second kappa shape index (κ2) is 8.68. The molecule has 4 nitrogen and oxygen atoms in total. The number of esters is 1. The molecule has 0 amide bonds. The molecule has 3 rings (SSSR count). The quantitative estimate of drug-likeness (QED) is 0.673. The van der Waals surface area contributed by atoms with Gasteiger partial charge in [0.1, 0.15) is 12.2 Å². The van der Waals surface area contributed by atoms with Crippen LogP contribution >= 0.6 is 0 Å². The number of rotatable bonds is 8. The van der Waals surface area contributed by atoms with Crippen LogP contribution in [0.25, 0.3) is 0 Å². The van der Waals surface area contributed by atoms with Gasteiger partial charge in [-0.15, -0.1) is 0 Å². The van der Waals surface area contributed by atoms with Crippen molar-refractivity contribution in [2.45, 2.75) is 58.8 Å². The van der Waals surface area contributed by atoms with Crippen LogP contribution in [0.3, 0.4) is 0 Å². The number of hydrogen-bond acceptors (Lipinski definition) is 4. The summed E-state index contributed by atoms with van der Waals surface area (Å²) in [5, 5.41) is 11.8. The Labute approximate surface area is 174 Å². The molecule has 1 aliphatic heterocycles. The van der Waals surface area contributed by atoms with Crippen LogP contribution in [-0.2, 0) is 22.6 Å². The molecule has 0 aromatic heterocycles. The van der Waals surface area contributed by atoms with Crippen molar-refractivity contribution >= 4 is 5.97 Å². The number of carbonyl (C=O) groups excluding carboxylic acids is 1. The summed E-state index contributed by atoms with van der Waals surface area (Å²) in [6.07, 6.45) is 0.774. The highest BCUT2D eigenvalue weighted by Crippen LogP contribution is 2.44. The Morgan fingerprint density at radius 3 is 1.83 bits per heavy atom. The topological polar surface area (TPSA) is 49.8 Å². The molecular formula is C25H33NO3. The van der Waals surface area contributed by atoms with Crippen LogP contribution in [0, 0.1) is 11.3 Å². The van der Waals surface area contributed by atoms with E-state index in [0.29, 0.717) is 19.0 Å². The first-order chi connectivity index (χ1) is 13.7. The van der Waals surface area contributed by atoms with Gasteiger partial charge in [-0.3, -0.25) is 9.69 Å². The maximum atomic E-state index is 12.4. The summed E-state index contributed by atoms with van der Waals surface area (Å²) in [5.41, 5.74) is 0.156. The van der Waals surface area contributed by atoms with Gasteiger partial charge in [-0.1, -0.05) is 74.5 Å². The van der Waals surface area contributed by atoms with E-state index in [2.05, 4.69) is 43.0 Å². The molecule has 0 bridgehead atoms. The lowest BCUT2D eigenvalue weighted by Gasteiger charge is -2.45. The molecule has 0 spiro atoms. The second-order valence-electron chi connectivity index (χ2n) is 9.15. The number of aliphatic hydroxyl groups is 1. The molecule has 156 valence electrons. The molecule has 0 radical (unpaired) electrons. The maximum Gasteiger partial charge on any atom is 0.314 e. The zero-order chi connectivity index (χ0) is 21.1. The molecule has 1 saturated heterocycles. The molecule has 2 aromatic rings. The molecule has 1 heterocycles. The van der Waals surface area contributed by atoms with Gasteiger partial charge in [-0.25, -0.2) is 0 Å². The van der Waals surface area contributed by atoms with Gasteiger partial charge in [0.2, 0.25) is 0 Å². The van der Waals surface area contributed by atoms with E-state index in [-0.39, 0.29) is 18.6 Å². The molecular weight excluding hydrogens is 362 g/mol. The van der Waals surface area contributed by atoms with Crippen molar-refractivity contribution in [3.63, 3.8) is 0 Å². The lowest BCUT2D eigenvalue weighted by Crippen LogP contribution is -2.60. The molecule has 2 aromatic carbocycles. The van der Waals surface area contributed by atoms with Crippen molar-refractivity contribution in [2.24, 2.45) is 11.3 Å². The molecule has 0 unspecified atom stereocenters. The standard InChI is InChI=1S/C25H33NO3/c1-19(2)15-22(25(28)18-29-23(27)24(25,3)4)26(16-20-11-7-5-8-12-20)17-21-13-9-6-10-14-21/h5-14,19,22,28H,15-18H2,1-4H3/t22-,25-/m0/s1. The molecule has 29 heavy (non-hydrogen) atoms. The first kappa shape index (κ1) is 21.5. The third-order valence-electron chi connectivity index (χ3n) is 6.16. The maximum absolute atomic E-state index is 12.4. The van der Waals surface area contributed by atoms with Gasteiger partial charge in [-0.05, 0) is 37.3 Å². The Balaban J connectivity index is 2.01. The summed E-state index contributed by atoms with van der Waals surface area (Å²) in [7, 11) is 0. The molecule has 0 saturated carbocycles. The van der Waals surface area contributed by atoms with Crippen LogP contribution < -0.4 is 0 Å². The zero-order valence-electron chi connectivity index (χ0n) is 18.0. The van der Waals surface area contributed by atoms with Crippen LogP contribution in [0.4, 0.5) is 0 Å². The average molecular weight is 396 g/mol. The van der Waals surface area contributed by atoms with Gasteiger partial charge in [0.15, 0.2) is 0 Å². The number of hydrogen-bond donors (Lipinski definition) is 1. The van der Waals surface area contributed by atoms with Gasteiger partial charge in [0.05, 0.1) is 5.41 Å². The molecule has 1 fully saturated rings. The van der Waals surface area contributed by atoms with E-state index >= 15 is 0 Å². The van der Waals surface area contributed by atoms with Gasteiger partial charge >= 0.3 is 5.97 Å². The summed E-state index contributed by atoms with van der Waals surface area (Å²) in [4.78, 5) is 14.8. The highest BCUT2D eigenvalue weighted by atomic mass is 16.6.